The highest BCUT2D eigenvalue weighted by atomic mass is 32.2. The Hall–Kier alpha value is -3.84. The Kier molecular flexibility index (Phi) is 9.38. The second kappa shape index (κ2) is 12.8. The predicted molar refractivity (Wildman–Crippen MR) is 149 cm³/mol. The van der Waals surface area contributed by atoms with E-state index in [4.69, 9.17) is 10.5 Å². The zero-order valence-electron chi connectivity index (χ0n) is 22.5. The predicted octanol–water partition coefficient (Wildman–Crippen LogP) is 3.85. The van der Waals surface area contributed by atoms with Crippen molar-refractivity contribution in [2.24, 2.45) is 0 Å². The summed E-state index contributed by atoms with van der Waals surface area (Å²) < 4.78 is 73.6. The van der Waals surface area contributed by atoms with Gasteiger partial charge in [0.2, 0.25) is 5.91 Å². The molecule has 1 amide bonds. The molecule has 13 heteroatoms. The number of hydrogen-bond acceptors (Lipinski definition) is 7. The lowest BCUT2D eigenvalue weighted by Gasteiger charge is -2.34. The van der Waals surface area contributed by atoms with Gasteiger partial charge in [0.15, 0.2) is 0 Å². The topological polar surface area (TPSA) is 118 Å². The number of nitrogens with zero attached hydrogens (tertiary/aromatic N) is 3. The number of benzene rings is 2. The van der Waals surface area contributed by atoms with Crippen LogP contribution in [0.2, 0.25) is 0 Å². The number of halogens is 3. The van der Waals surface area contributed by atoms with E-state index in [1.54, 1.807) is 36.5 Å². The number of fused-ring (bicyclic) bond motifs is 1. The monoisotopic (exact) mass is 591 g/mol. The van der Waals surface area contributed by atoms with Crippen molar-refractivity contribution in [1.82, 2.24) is 14.6 Å². The normalized spacial score (nSPS) is 16.1. The second-order valence-electron chi connectivity index (χ2n) is 9.72. The molecule has 1 aromatic heterocycles. The highest BCUT2D eigenvalue weighted by Crippen LogP contribution is 2.39. The van der Waals surface area contributed by atoms with Crippen LogP contribution < -0.4 is 20.7 Å². The molecule has 0 fully saturated rings. The zero-order valence-corrected chi connectivity index (χ0v) is 23.3. The van der Waals surface area contributed by atoms with Gasteiger partial charge in [0.05, 0.1) is 18.8 Å². The van der Waals surface area contributed by atoms with Crippen molar-refractivity contribution in [2.75, 3.05) is 30.3 Å². The number of nitrogen functional groups attached to an aromatic ring is 1. The minimum absolute atomic E-state index is 0.0380. The fraction of sp³-hybridized carbons (Fsp3) is 0.357. The van der Waals surface area contributed by atoms with Crippen LogP contribution in [0, 0.1) is 0 Å². The molecule has 1 aliphatic heterocycles. The number of rotatable bonds is 10. The number of alkyl halides is 3. The van der Waals surface area contributed by atoms with Crippen LogP contribution in [0.4, 0.5) is 24.5 Å². The van der Waals surface area contributed by atoms with Crippen molar-refractivity contribution < 1.29 is 31.1 Å². The number of aryl methyl sites for hydroxylation is 1. The van der Waals surface area contributed by atoms with Crippen LogP contribution in [-0.2, 0) is 34.3 Å². The second-order valence-corrected chi connectivity index (χ2v) is 11.6. The Balaban J connectivity index is 1.79. The lowest BCUT2D eigenvalue weighted by molar-refractivity contribution is -0.119. The summed E-state index contributed by atoms with van der Waals surface area (Å²) in [5.74, 6) is -0.0329. The molecule has 2 heterocycles. The number of sulfonamides is 1. The molecule has 3 N–H and O–H groups in total. The molecule has 1 atom stereocenters. The molecule has 0 saturated heterocycles. The Morgan fingerprint density at radius 1 is 1.15 bits per heavy atom. The minimum atomic E-state index is -5.68. The zero-order chi connectivity index (χ0) is 29.6. The van der Waals surface area contributed by atoms with Gasteiger partial charge in [-0.2, -0.15) is 17.5 Å². The van der Waals surface area contributed by atoms with E-state index in [1.807, 2.05) is 35.2 Å². The van der Waals surface area contributed by atoms with Crippen molar-refractivity contribution in [3.63, 3.8) is 0 Å². The molecule has 2 aromatic carbocycles. The number of nitrogens with one attached hydrogen (secondary N) is 1. The van der Waals surface area contributed by atoms with E-state index in [2.05, 4.69) is 10.3 Å². The number of hydrogen-bond donors (Lipinski definition) is 2. The maximum atomic E-state index is 13.9. The van der Waals surface area contributed by atoms with Gasteiger partial charge < -0.3 is 20.7 Å². The van der Waals surface area contributed by atoms with Crippen LogP contribution in [0.15, 0.2) is 66.9 Å². The largest absolute Gasteiger partial charge is 0.511 e. The van der Waals surface area contributed by atoms with E-state index in [9.17, 15) is 26.4 Å². The van der Waals surface area contributed by atoms with Gasteiger partial charge in [-0.3, -0.25) is 9.78 Å². The van der Waals surface area contributed by atoms with Gasteiger partial charge in [-0.15, -0.1) is 0 Å². The van der Waals surface area contributed by atoms with Crippen LogP contribution in [-0.4, -0.2) is 54.9 Å². The first kappa shape index (κ1) is 30.1. The van der Waals surface area contributed by atoms with Crippen LogP contribution in [0.1, 0.15) is 30.2 Å². The van der Waals surface area contributed by atoms with Crippen LogP contribution in [0.5, 0.6) is 5.75 Å². The number of ether oxygens (including phenoxy) is 1. The van der Waals surface area contributed by atoms with Gasteiger partial charge in [-0.25, -0.2) is 8.42 Å². The summed E-state index contributed by atoms with van der Waals surface area (Å²) in [6.45, 7) is 0.780. The Morgan fingerprint density at radius 2 is 1.90 bits per heavy atom. The first-order valence-corrected chi connectivity index (χ1v) is 14.5. The van der Waals surface area contributed by atoms with Crippen molar-refractivity contribution >= 4 is 27.3 Å². The minimum Gasteiger partial charge on any atom is -0.491 e. The lowest BCUT2D eigenvalue weighted by Crippen LogP contribution is -2.47. The summed E-state index contributed by atoms with van der Waals surface area (Å²) in [5.41, 5.74) is 3.33. The summed E-state index contributed by atoms with van der Waals surface area (Å²) in [6, 6.07) is 17.1. The highest BCUT2D eigenvalue weighted by molar-refractivity contribution is 7.89. The highest BCUT2D eigenvalue weighted by Gasteiger charge is 2.51. The number of carbonyl (C=O) groups excluding carboxylic acids is 1. The van der Waals surface area contributed by atoms with E-state index >= 15 is 0 Å². The summed E-state index contributed by atoms with van der Waals surface area (Å²) in [4.78, 5) is 17.5. The third-order valence-corrected chi connectivity index (χ3v) is 8.30. The van der Waals surface area contributed by atoms with E-state index in [0.717, 1.165) is 5.56 Å². The summed E-state index contributed by atoms with van der Waals surface area (Å²) in [5, 5.41) is 2.60. The van der Waals surface area contributed by atoms with Crippen LogP contribution >= 0.6 is 0 Å². The Morgan fingerprint density at radius 3 is 2.59 bits per heavy atom. The average molecular weight is 592 g/mol. The third kappa shape index (κ3) is 7.47. The fourth-order valence-corrected chi connectivity index (χ4v) is 5.76. The van der Waals surface area contributed by atoms with E-state index in [-0.39, 0.29) is 36.9 Å². The Bertz CT molecular complexity index is 1450. The maximum absolute atomic E-state index is 13.9. The van der Waals surface area contributed by atoms with E-state index in [1.165, 1.54) is 6.92 Å². The van der Waals surface area contributed by atoms with Gasteiger partial charge in [0, 0.05) is 49.2 Å². The molecule has 0 bridgehead atoms. The number of pyridine rings is 1. The van der Waals surface area contributed by atoms with Crippen LogP contribution in [0.3, 0.4) is 0 Å². The number of nitrogens with two attached hydrogens (primary N) is 1. The maximum Gasteiger partial charge on any atom is 0.511 e. The van der Waals surface area contributed by atoms with Gasteiger partial charge in [-0.1, -0.05) is 36.4 Å². The summed E-state index contributed by atoms with van der Waals surface area (Å²) in [7, 11) is -5.68. The lowest BCUT2D eigenvalue weighted by atomic mass is 10.0. The third-order valence-electron chi connectivity index (χ3n) is 6.76. The van der Waals surface area contributed by atoms with Gasteiger partial charge in [0.1, 0.15) is 12.4 Å². The van der Waals surface area contributed by atoms with Gasteiger partial charge in [0.25, 0.3) is 0 Å². The van der Waals surface area contributed by atoms with Crippen molar-refractivity contribution in [3.05, 3.63) is 83.7 Å². The molecule has 0 saturated carbocycles. The molecular weight excluding hydrogens is 559 g/mol. The molecule has 0 radical (unpaired) electrons. The van der Waals surface area contributed by atoms with E-state index in [0.29, 0.717) is 34.2 Å². The number of carbonyl (C=O) groups is 1. The molecule has 9 nitrogen and oxygen atoms in total. The van der Waals surface area contributed by atoms with Crippen molar-refractivity contribution in [2.45, 2.75) is 44.4 Å². The quantitative estimate of drug-likeness (QED) is 0.344. The summed E-state index contributed by atoms with van der Waals surface area (Å²) >= 11 is 0. The fourth-order valence-electron chi connectivity index (χ4n) is 4.80. The molecule has 4 rings (SSSR count). The van der Waals surface area contributed by atoms with Gasteiger partial charge >= 0.3 is 15.5 Å². The molecule has 1 aliphatic rings. The smallest absolute Gasteiger partial charge is 0.491 e. The molecule has 0 spiro atoms. The van der Waals surface area contributed by atoms with Crippen molar-refractivity contribution in [1.29, 1.82) is 0 Å². The van der Waals surface area contributed by atoms with E-state index < -0.39 is 34.7 Å². The first-order chi connectivity index (χ1) is 19.5. The molecule has 0 aliphatic carbocycles. The Labute approximate surface area is 237 Å². The number of anilines is 2. The molecule has 220 valence electrons. The van der Waals surface area contributed by atoms with Gasteiger partial charge in [-0.05, 0) is 42.7 Å². The molecule has 41 heavy (non-hydrogen) atoms. The SMILES string of the molecule is CC(=O)NCCOc1cccc2c1CN(S(=O)(=O)C(F)(F)F)C[C@@H](CCc1ccccc1)N2Cc1cc(N)ccn1. The molecule has 0 unspecified atom stereocenters. The van der Waals surface area contributed by atoms with Crippen LogP contribution in [0.25, 0.3) is 0 Å². The first-order valence-electron chi connectivity index (χ1n) is 13.0. The summed E-state index contributed by atoms with van der Waals surface area (Å²) in [6.07, 6.45) is 2.42. The molecule has 3 aromatic rings. The average Bonchev–Trinajstić information content (AvgIpc) is 3.07. The number of amides is 1. The standard InChI is InChI=1S/C28H32F3N5O4S/c1-20(37)33-14-15-40-27-9-5-8-26-25(27)19-35(41(38,39)28(29,30)31)18-24(11-10-21-6-3-2-4-7-21)36(26)17-23-16-22(32)12-13-34-23/h2-9,12-13,16,24H,10-11,14-15,17-19H2,1H3,(H2,32,34)(H,33,37)/t24-/m1/s1. The number of aromatic nitrogens is 1. The molecular formula is C28H32F3N5O4S. The van der Waals surface area contributed by atoms with Crippen molar-refractivity contribution in [3.8, 4) is 5.75 Å².